The van der Waals surface area contributed by atoms with Crippen molar-refractivity contribution in [3.05, 3.63) is 130 Å². The van der Waals surface area contributed by atoms with Gasteiger partial charge >= 0.3 is 11.9 Å². The van der Waals surface area contributed by atoms with Crippen molar-refractivity contribution in [2.75, 3.05) is 0 Å². The predicted molar refractivity (Wildman–Crippen MR) is 213 cm³/mol. The summed E-state index contributed by atoms with van der Waals surface area (Å²) in [4.78, 5) is 49.4. The van der Waals surface area contributed by atoms with Crippen molar-refractivity contribution in [2.45, 2.75) is 121 Å². The monoisotopic (exact) mass is 708 g/mol. The van der Waals surface area contributed by atoms with Gasteiger partial charge in [0, 0.05) is 25.7 Å². The largest absolute Gasteiger partial charge is 0.454 e. The molecule has 52 heavy (non-hydrogen) atoms. The van der Waals surface area contributed by atoms with Crippen LogP contribution in [0.4, 0.5) is 0 Å². The Morgan fingerprint density at radius 3 is 1.21 bits per heavy atom. The first-order chi connectivity index (χ1) is 24.3. The second-order valence-corrected chi connectivity index (χ2v) is 15.1. The molecule has 6 nitrogen and oxygen atoms in total. The van der Waals surface area contributed by atoms with Crippen molar-refractivity contribution in [3.63, 3.8) is 0 Å². The highest BCUT2D eigenvalue weighted by atomic mass is 16.6. The molecule has 0 aliphatic heterocycles. The van der Waals surface area contributed by atoms with E-state index in [1.54, 1.807) is 13.8 Å². The maximum atomic E-state index is 12.9. The van der Waals surface area contributed by atoms with Gasteiger partial charge in [0.05, 0.1) is 0 Å². The molecule has 2 rings (SSSR count). The first-order valence-corrected chi connectivity index (χ1v) is 18.3. The van der Waals surface area contributed by atoms with Crippen molar-refractivity contribution in [1.82, 2.24) is 0 Å². The van der Waals surface area contributed by atoms with Gasteiger partial charge in [0.25, 0.3) is 0 Å². The molecular weight excluding hydrogens is 649 g/mol. The molecule has 0 saturated carbocycles. The number of hydrogen-bond donors (Lipinski definition) is 0. The molecule has 6 heteroatoms. The van der Waals surface area contributed by atoms with Gasteiger partial charge in [0.1, 0.15) is 0 Å². The summed E-state index contributed by atoms with van der Waals surface area (Å²) in [5.74, 6) is -0.930. The van der Waals surface area contributed by atoms with Crippen LogP contribution in [0.25, 0.3) is 0 Å². The fourth-order valence-corrected chi connectivity index (χ4v) is 6.24. The van der Waals surface area contributed by atoms with E-state index in [1.165, 1.54) is 0 Å². The first-order valence-electron chi connectivity index (χ1n) is 18.3. The molecule has 0 aromatic heterocycles. The van der Waals surface area contributed by atoms with Crippen LogP contribution in [0.1, 0.15) is 109 Å². The van der Waals surface area contributed by atoms with Crippen molar-refractivity contribution < 1.29 is 28.7 Å². The third-order valence-corrected chi connectivity index (χ3v) is 9.40. The highest BCUT2D eigenvalue weighted by Gasteiger charge is 2.40. The SMILES string of the molecule is CCC(=O)OC1CC(C)(C)C(/C=C/C(C)=C/C=C/C(C)=C/C=C/C=C(C)/C=C/C=C(C)/C=C/C2=C(C)C(=O)C(OC(=O)CC)CC2(C)C)=C(C)C1=O. The van der Waals surface area contributed by atoms with E-state index in [-0.39, 0.29) is 47.2 Å². The zero-order valence-electron chi connectivity index (χ0n) is 33.5. The minimum atomic E-state index is -0.714. The van der Waals surface area contributed by atoms with Crippen LogP contribution in [0.15, 0.2) is 130 Å². The number of ketones is 2. The topological polar surface area (TPSA) is 86.7 Å². The van der Waals surface area contributed by atoms with Gasteiger partial charge in [0.15, 0.2) is 23.8 Å². The van der Waals surface area contributed by atoms with Crippen molar-refractivity contribution in [3.8, 4) is 0 Å². The molecular formula is C46H60O6. The highest BCUT2D eigenvalue weighted by molar-refractivity contribution is 6.02. The lowest BCUT2D eigenvalue weighted by Gasteiger charge is -2.36. The van der Waals surface area contributed by atoms with Gasteiger partial charge < -0.3 is 9.47 Å². The van der Waals surface area contributed by atoms with Gasteiger partial charge in [-0.2, -0.15) is 0 Å². The van der Waals surface area contributed by atoms with E-state index in [4.69, 9.17) is 9.47 Å². The summed E-state index contributed by atoms with van der Waals surface area (Å²) < 4.78 is 10.8. The summed E-state index contributed by atoms with van der Waals surface area (Å²) in [6.45, 7) is 23.5. The van der Waals surface area contributed by atoms with Gasteiger partial charge in [-0.05, 0) is 74.7 Å². The standard InChI is InChI=1S/C46H60O6/c1-13-41(47)51-39-29-45(9,10)37(35(7)43(39)49)27-25-33(5)23-17-21-31(3)19-15-16-20-32(4)22-18-24-34(6)26-28-38-36(8)44(50)40(30-46(38,11)12)52-42(48)14-2/h15-28,39-40H,13-14,29-30H2,1-12H3/b16-15+,21-17+,22-18+,27-25+,28-26+,31-19+,32-20+,33-23+,34-24+. The molecule has 2 atom stereocenters. The van der Waals surface area contributed by atoms with Crippen molar-refractivity contribution >= 4 is 23.5 Å². The summed E-state index contributed by atoms with van der Waals surface area (Å²) in [6, 6.07) is 0. The number of hydrogen-bond acceptors (Lipinski definition) is 6. The molecule has 2 aliphatic rings. The van der Waals surface area contributed by atoms with E-state index in [9.17, 15) is 19.2 Å². The summed E-state index contributed by atoms with van der Waals surface area (Å²) in [5.41, 5.74) is 6.97. The molecule has 0 aromatic carbocycles. The Kier molecular flexibility index (Phi) is 16.7. The van der Waals surface area contributed by atoms with Gasteiger partial charge in [0.2, 0.25) is 0 Å². The molecule has 0 saturated heterocycles. The maximum absolute atomic E-state index is 12.9. The normalized spacial score (nSPS) is 22.3. The average molecular weight is 709 g/mol. The average Bonchev–Trinajstić information content (AvgIpc) is 3.07. The minimum Gasteiger partial charge on any atom is -0.454 e. The van der Waals surface area contributed by atoms with Gasteiger partial charge in [-0.3, -0.25) is 19.2 Å². The predicted octanol–water partition coefficient (Wildman–Crippen LogP) is 10.8. The van der Waals surface area contributed by atoms with Gasteiger partial charge in [-0.1, -0.05) is 149 Å². The van der Waals surface area contributed by atoms with Crippen LogP contribution in [-0.4, -0.2) is 35.7 Å². The molecule has 0 fully saturated rings. The fraction of sp³-hybridized carbons (Fsp3) is 0.435. The fourth-order valence-electron chi connectivity index (χ4n) is 6.24. The van der Waals surface area contributed by atoms with Gasteiger partial charge in [-0.15, -0.1) is 0 Å². The maximum Gasteiger partial charge on any atom is 0.306 e. The van der Waals surface area contributed by atoms with E-state index >= 15 is 0 Å². The Morgan fingerprint density at radius 1 is 0.577 bits per heavy atom. The Hall–Kier alpha value is -4.58. The molecule has 0 spiro atoms. The molecule has 0 aromatic rings. The van der Waals surface area contributed by atoms with Crippen LogP contribution in [0.3, 0.4) is 0 Å². The third-order valence-electron chi connectivity index (χ3n) is 9.40. The smallest absolute Gasteiger partial charge is 0.306 e. The first kappa shape index (κ1) is 43.6. The Labute approximate surface area is 312 Å². The third kappa shape index (κ3) is 13.2. The van der Waals surface area contributed by atoms with Crippen molar-refractivity contribution in [1.29, 1.82) is 0 Å². The van der Waals surface area contributed by atoms with Gasteiger partial charge in [-0.25, -0.2) is 0 Å². The Bertz CT molecular complexity index is 1590. The molecule has 280 valence electrons. The summed E-state index contributed by atoms with van der Waals surface area (Å²) in [6.07, 6.45) is 28.4. The summed E-state index contributed by atoms with van der Waals surface area (Å²) in [7, 11) is 0. The molecule has 0 radical (unpaired) electrons. The number of allylic oxidation sites excluding steroid dienone is 20. The molecule has 2 unspecified atom stereocenters. The van der Waals surface area contributed by atoms with Crippen LogP contribution in [-0.2, 0) is 28.7 Å². The van der Waals surface area contributed by atoms with Crippen LogP contribution >= 0.6 is 0 Å². The Balaban J connectivity index is 1.98. The van der Waals surface area contributed by atoms with Crippen molar-refractivity contribution in [2.24, 2.45) is 10.8 Å². The Morgan fingerprint density at radius 2 is 0.885 bits per heavy atom. The molecule has 0 amide bonds. The van der Waals surface area contributed by atoms with Crippen LogP contribution in [0.2, 0.25) is 0 Å². The quantitative estimate of drug-likeness (QED) is 0.132. The van der Waals surface area contributed by atoms with E-state index < -0.39 is 12.2 Å². The summed E-state index contributed by atoms with van der Waals surface area (Å²) in [5, 5.41) is 0. The minimum absolute atomic E-state index is 0.116. The number of ether oxygens (including phenoxy) is 2. The lowest BCUT2D eigenvalue weighted by Crippen LogP contribution is -2.38. The molecule has 0 N–H and O–H groups in total. The molecule has 2 aliphatic carbocycles. The molecule has 0 bridgehead atoms. The number of esters is 2. The van der Waals surface area contributed by atoms with E-state index in [2.05, 4.69) is 27.7 Å². The highest BCUT2D eigenvalue weighted by Crippen LogP contribution is 2.42. The van der Waals surface area contributed by atoms with Crippen LogP contribution in [0.5, 0.6) is 0 Å². The number of carbonyl (C=O) groups is 4. The number of carbonyl (C=O) groups excluding carboxylic acids is 4. The number of Topliss-reactive ketones (excluding diaryl/α,β-unsaturated/α-hetero) is 2. The lowest BCUT2D eigenvalue weighted by molar-refractivity contribution is -0.156. The lowest BCUT2D eigenvalue weighted by atomic mass is 9.71. The second-order valence-electron chi connectivity index (χ2n) is 15.1. The van der Waals surface area contributed by atoms with E-state index in [1.807, 2.05) is 127 Å². The molecule has 0 heterocycles. The second kappa shape index (κ2) is 19.9. The van der Waals surface area contributed by atoms with E-state index in [0.29, 0.717) is 24.0 Å². The number of rotatable bonds is 14. The zero-order chi connectivity index (χ0) is 39.2. The zero-order valence-corrected chi connectivity index (χ0v) is 33.5. The van der Waals surface area contributed by atoms with Crippen LogP contribution < -0.4 is 0 Å². The van der Waals surface area contributed by atoms with Crippen LogP contribution in [0, 0.1) is 10.8 Å². The summed E-state index contributed by atoms with van der Waals surface area (Å²) >= 11 is 0. The van der Waals surface area contributed by atoms with E-state index in [0.717, 1.165) is 33.4 Å².